The Kier molecular flexibility index (Phi) is 5.96. The molecule has 0 spiro atoms. The lowest BCUT2D eigenvalue weighted by Gasteiger charge is -2.11. The van der Waals surface area contributed by atoms with Crippen LogP contribution in [-0.2, 0) is 12.3 Å². The molecule has 0 aliphatic heterocycles. The minimum absolute atomic E-state index is 0.250. The monoisotopic (exact) mass is 389 g/mol. The van der Waals surface area contributed by atoms with Gasteiger partial charge in [-0.05, 0) is 35.9 Å². The number of nitrogens with zero attached hydrogens (tertiary/aromatic N) is 3. The van der Waals surface area contributed by atoms with Crippen molar-refractivity contribution in [1.29, 1.82) is 0 Å². The molecule has 0 unspecified atom stereocenters. The smallest absolute Gasteiger partial charge is 0.192 e. The Morgan fingerprint density at radius 1 is 1.27 bits per heavy atom. The number of aromatic nitrogens is 3. The van der Waals surface area contributed by atoms with Crippen molar-refractivity contribution in [3.8, 4) is 17.1 Å². The van der Waals surface area contributed by atoms with Gasteiger partial charge in [-0.2, -0.15) is 0 Å². The van der Waals surface area contributed by atoms with Crippen molar-refractivity contribution < 1.29 is 9.13 Å². The van der Waals surface area contributed by atoms with Crippen molar-refractivity contribution in [3.63, 3.8) is 0 Å². The number of thioether (sulfide) groups is 1. The maximum Gasteiger partial charge on any atom is 0.192 e. The highest BCUT2D eigenvalue weighted by Gasteiger charge is 2.17. The molecule has 1 heterocycles. The van der Waals surface area contributed by atoms with Crippen molar-refractivity contribution in [2.45, 2.75) is 17.5 Å². The Morgan fingerprint density at radius 3 is 2.85 bits per heavy atom. The standard InChI is InChI=1S/C19H17ClFN3OS/c1-3-9-24-18(16-11-14(20)7-8-17(16)25-2)22-23-19(24)26-12-13-5-4-6-15(21)10-13/h3-8,10-11H,1,9,12H2,2H3. The van der Waals surface area contributed by atoms with Crippen LogP contribution in [0.2, 0.25) is 5.02 Å². The van der Waals surface area contributed by atoms with Crippen molar-refractivity contribution >= 4 is 23.4 Å². The molecule has 0 radical (unpaired) electrons. The highest BCUT2D eigenvalue weighted by Crippen LogP contribution is 2.34. The molecule has 0 saturated heterocycles. The molecule has 3 aromatic rings. The van der Waals surface area contributed by atoms with Crippen LogP contribution >= 0.6 is 23.4 Å². The molecule has 3 rings (SSSR count). The first kappa shape index (κ1) is 18.5. The predicted molar refractivity (Wildman–Crippen MR) is 103 cm³/mol. The van der Waals surface area contributed by atoms with Crippen LogP contribution in [0, 0.1) is 5.82 Å². The van der Waals surface area contributed by atoms with E-state index in [0.29, 0.717) is 34.1 Å². The Balaban J connectivity index is 1.94. The molecular formula is C19H17ClFN3OS. The molecule has 0 bridgehead atoms. The predicted octanol–water partition coefficient (Wildman–Crippen LogP) is 5.22. The summed E-state index contributed by atoms with van der Waals surface area (Å²) in [6, 6.07) is 11.9. The first-order valence-electron chi connectivity index (χ1n) is 7.87. The van der Waals surface area contributed by atoms with Gasteiger partial charge in [0.2, 0.25) is 0 Å². The molecule has 2 aromatic carbocycles. The summed E-state index contributed by atoms with van der Waals surface area (Å²) < 4.78 is 20.7. The second-order valence-corrected chi connectivity index (χ2v) is 6.85. The third-order valence-electron chi connectivity index (χ3n) is 3.69. The fourth-order valence-corrected chi connectivity index (χ4v) is 3.58. The van der Waals surface area contributed by atoms with E-state index in [9.17, 15) is 4.39 Å². The lowest BCUT2D eigenvalue weighted by molar-refractivity contribution is 0.416. The summed E-state index contributed by atoms with van der Waals surface area (Å²) in [5, 5.41) is 9.91. The largest absolute Gasteiger partial charge is 0.496 e. The van der Waals surface area contributed by atoms with E-state index in [2.05, 4.69) is 16.8 Å². The second-order valence-electron chi connectivity index (χ2n) is 5.47. The number of allylic oxidation sites excluding steroid dienone is 1. The normalized spacial score (nSPS) is 10.7. The van der Waals surface area contributed by atoms with Gasteiger partial charge in [-0.1, -0.05) is 41.6 Å². The van der Waals surface area contributed by atoms with Crippen LogP contribution in [0.3, 0.4) is 0 Å². The lowest BCUT2D eigenvalue weighted by Crippen LogP contribution is -2.02. The Morgan fingerprint density at radius 2 is 2.12 bits per heavy atom. The SMILES string of the molecule is C=CCn1c(SCc2cccc(F)c2)nnc1-c1cc(Cl)ccc1OC. The van der Waals surface area contributed by atoms with Gasteiger partial charge in [0.05, 0.1) is 12.7 Å². The van der Waals surface area contributed by atoms with Gasteiger partial charge in [0.25, 0.3) is 0 Å². The van der Waals surface area contributed by atoms with Crippen LogP contribution in [0.5, 0.6) is 5.75 Å². The van der Waals surface area contributed by atoms with Gasteiger partial charge in [-0.15, -0.1) is 16.8 Å². The summed E-state index contributed by atoms with van der Waals surface area (Å²) in [5.41, 5.74) is 1.64. The molecule has 0 atom stereocenters. The lowest BCUT2D eigenvalue weighted by atomic mass is 10.2. The first-order valence-corrected chi connectivity index (χ1v) is 9.24. The zero-order valence-corrected chi connectivity index (χ0v) is 15.7. The van der Waals surface area contributed by atoms with Gasteiger partial charge in [-0.25, -0.2) is 4.39 Å². The summed E-state index contributed by atoms with van der Waals surface area (Å²) in [7, 11) is 1.60. The van der Waals surface area contributed by atoms with E-state index >= 15 is 0 Å². The molecule has 0 fully saturated rings. The molecular weight excluding hydrogens is 373 g/mol. The molecule has 26 heavy (non-hydrogen) atoms. The number of hydrogen-bond donors (Lipinski definition) is 0. The highest BCUT2D eigenvalue weighted by atomic mass is 35.5. The van der Waals surface area contributed by atoms with Crippen LogP contribution in [0.15, 0.2) is 60.3 Å². The Bertz CT molecular complexity index is 929. The number of halogens is 2. The van der Waals surface area contributed by atoms with Crippen molar-refractivity contribution in [2.24, 2.45) is 0 Å². The molecule has 1 aromatic heterocycles. The van der Waals surface area contributed by atoms with E-state index < -0.39 is 0 Å². The minimum Gasteiger partial charge on any atom is -0.496 e. The fraction of sp³-hybridized carbons (Fsp3) is 0.158. The molecule has 0 aliphatic carbocycles. The van der Waals surface area contributed by atoms with Crippen LogP contribution in [0.1, 0.15) is 5.56 Å². The third kappa shape index (κ3) is 4.08. The zero-order chi connectivity index (χ0) is 18.5. The van der Waals surface area contributed by atoms with Gasteiger partial charge < -0.3 is 4.74 Å². The quantitative estimate of drug-likeness (QED) is 0.410. The first-order chi connectivity index (χ1) is 12.6. The average molecular weight is 390 g/mol. The van der Waals surface area contributed by atoms with Gasteiger partial charge in [-0.3, -0.25) is 4.57 Å². The number of rotatable bonds is 7. The van der Waals surface area contributed by atoms with E-state index in [1.54, 1.807) is 37.5 Å². The number of benzene rings is 2. The number of hydrogen-bond acceptors (Lipinski definition) is 4. The van der Waals surface area contributed by atoms with Gasteiger partial charge in [0, 0.05) is 17.3 Å². The van der Waals surface area contributed by atoms with Gasteiger partial charge in [0.15, 0.2) is 11.0 Å². The summed E-state index contributed by atoms with van der Waals surface area (Å²) in [4.78, 5) is 0. The average Bonchev–Trinajstić information content (AvgIpc) is 3.03. The third-order valence-corrected chi connectivity index (χ3v) is 4.96. The van der Waals surface area contributed by atoms with Crippen molar-refractivity contribution in [1.82, 2.24) is 14.8 Å². The zero-order valence-electron chi connectivity index (χ0n) is 14.2. The molecule has 0 N–H and O–H groups in total. The Hall–Kier alpha value is -2.31. The van der Waals surface area contributed by atoms with Crippen LogP contribution < -0.4 is 4.74 Å². The molecule has 0 amide bonds. The van der Waals surface area contributed by atoms with Crippen LogP contribution in [0.25, 0.3) is 11.4 Å². The topological polar surface area (TPSA) is 39.9 Å². The van der Waals surface area contributed by atoms with Crippen LogP contribution in [0.4, 0.5) is 4.39 Å². The van der Waals surface area contributed by atoms with E-state index in [1.807, 2.05) is 10.6 Å². The van der Waals surface area contributed by atoms with Crippen LogP contribution in [-0.4, -0.2) is 21.9 Å². The summed E-state index contributed by atoms with van der Waals surface area (Å²) in [6.07, 6.45) is 1.77. The Labute approximate surface area is 160 Å². The van der Waals surface area contributed by atoms with E-state index in [-0.39, 0.29) is 5.82 Å². The summed E-state index contributed by atoms with van der Waals surface area (Å²) >= 11 is 7.63. The maximum atomic E-state index is 13.4. The van der Waals surface area contributed by atoms with E-state index in [1.165, 1.54) is 23.9 Å². The molecule has 7 heteroatoms. The number of ether oxygens (including phenoxy) is 1. The minimum atomic E-state index is -0.250. The molecule has 134 valence electrons. The maximum absolute atomic E-state index is 13.4. The van der Waals surface area contributed by atoms with Gasteiger partial charge in [0.1, 0.15) is 11.6 Å². The summed E-state index contributed by atoms with van der Waals surface area (Å²) in [6.45, 7) is 4.34. The fourth-order valence-electron chi connectivity index (χ4n) is 2.52. The van der Waals surface area contributed by atoms with Crippen molar-refractivity contribution in [2.75, 3.05) is 7.11 Å². The van der Waals surface area contributed by atoms with E-state index in [4.69, 9.17) is 16.3 Å². The molecule has 0 aliphatic rings. The second kappa shape index (κ2) is 8.38. The summed E-state index contributed by atoms with van der Waals surface area (Å²) in [5.74, 6) is 1.64. The van der Waals surface area contributed by atoms with Crippen molar-refractivity contribution in [3.05, 3.63) is 71.5 Å². The molecule has 0 saturated carbocycles. The number of methoxy groups -OCH3 is 1. The highest BCUT2D eigenvalue weighted by molar-refractivity contribution is 7.98. The van der Waals surface area contributed by atoms with Gasteiger partial charge >= 0.3 is 0 Å². The molecule has 4 nitrogen and oxygen atoms in total. The van der Waals surface area contributed by atoms with E-state index in [0.717, 1.165) is 11.1 Å².